The van der Waals surface area contributed by atoms with Crippen LogP contribution in [0.5, 0.6) is 0 Å². The fourth-order valence-electron chi connectivity index (χ4n) is 1.93. The highest BCUT2D eigenvalue weighted by Gasteiger charge is 2.15. The predicted molar refractivity (Wildman–Crippen MR) is 81.2 cm³/mol. The summed E-state index contributed by atoms with van der Waals surface area (Å²) in [5, 5.41) is 3.00. The second-order valence-corrected chi connectivity index (χ2v) is 6.41. The van der Waals surface area contributed by atoms with Gasteiger partial charge in [0.25, 0.3) is 10.0 Å². The van der Waals surface area contributed by atoms with Crippen molar-refractivity contribution in [2.45, 2.75) is 18.4 Å². The number of sulfonamides is 1. The summed E-state index contributed by atoms with van der Waals surface area (Å²) in [5.74, 6) is -0.412. The first-order valence-electron chi connectivity index (χ1n) is 6.45. The van der Waals surface area contributed by atoms with Gasteiger partial charge in [0, 0.05) is 12.2 Å². The highest BCUT2D eigenvalue weighted by atomic mass is 32.2. The van der Waals surface area contributed by atoms with Gasteiger partial charge in [-0.1, -0.05) is 6.07 Å². The molecular weight excluding hydrogens is 291 g/mol. The third kappa shape index (κ3) is 3.80. The lowest BCUT2D eigenvalue weighted by molar-refractivity contribution is 0.600. The zero-order valence-corrected chi connectivity index (χ0v) is 12.7. The van der Waals surface area contributed by atoms with Crippen LogP contribution in [0.4, 0.5) is 10.1 Å². The highest BCUT2D eigenvalue weighted by Crippen LogP contribution is 2.19. The van der Waals surface area contributed by atoms with Crippen LogP contribution in [-0.2, 0) is 16.6 Å². The minimum Gasteiger partial charge on any atom is -0.316 e. The molecule has 2 aromatic carbocycles. The Morgan fingerprint density at radius 3 is 2.38 bits per heavy atom. The van der Waals surface area contributed by atoms with E-state index >= 15 is 0 Å². The van der Waals surface area contributed by atoms with Gasteiger partial charge in [0.1, 0.15) is 5.82 Å². The Balaban J connectivity index is 2.31. The van der Waals surface area contributed by atoms with Crippen molar-refractivity contribution in [1.29, 1.82) is 0 Å². The Kier molecular flexibility index (Phi) is 4.59. The Morgan fingerprint density at radius 2 is 1.76 bits per heavy atom. The Bertz CT molecular complexity index is 728. The number of hydrogen-bond acceptors (Lipinski definition) is 3. The van der Waals surface area contributed by atoms with E-state index in [-0.39, 0.29) is 4.90 Å². The lowest BCUT2D eigenvalue weighted by atomic mass is 10.1. The molecule has 0 atom stereocenters. The number of hydrogen-bond donors (Lipinski definition) is 2. The molecule has 0 aliphatic rings. The topological polar surface area (TPSA) is 58.2 Å². The van der Waals surface area contributed by atoms with Crippen LogP contribution < -0.4 is 10.0 Å². The van der Waals surface area contributed by atoms with Gasteiger partial charge in [-0.15, -0.1) is 0 Å². The molecule has 0 aromatic heterocycles. The molecule has 0 aliphatic carbocycles. The van der Waals surface area contributed by atoms with Crippen LogP contribution in [0.2, 0.25) is 0 Å². The number of aryl methyl sites for hydroxylation is 1. The summed E-state index contributed by atoms with van der Waals surface area (Å²) in [4.78, 5) is 0.183. The normalized spacial score (nSPS) is 11.4. The number of halogens is 1. The third-order valence-corrected chi connectivity index (χ3v) is 4.47. The molecule has 0 radical (unpaired) electrons. The van der Waals surface area contributed by atoms with Crippen LogP contribution in [0, 0.1) is 12.7 Å². The van der Waals surface area contributed by atoms with E-state index in [0.29, 0.717) is 12.2 Å². The van der Waals surface area contributed by atoms with Crippen LogP contribution in [0.3, 0.4) is 0 Å². The first-order chi connectivity index (χ1) is 9.92. The lowest BCUT2D eigenvalue weighted by Gasteiger charge is -2.11. The van der Waals surface area contributed by atoms with Crippen LogP contribution >= 0.6 is 0 Å². The van der Waals surface area contributed by atoms with E-state index in [1.807, 2.05) is 6.92 Å². The van der Waals surface area contributed by atoms with Crippen LogP contribution in [-0.4, -0.2) is 15.5 Å². The molecule has 2 N–H and O–H groups in total. The van der Waals surface area contributed by atoms with Crippen molar-refractivity contribution in [3.63, 3.8) is 0 Å². The molecule has 0 unspecified atom stereocenters. The third-order valence-electron chi connectivity index (χ3n) is 3.09. The molecule has 0 spiro atoms. The Hall–Kier alpha value is -1.92. The molecular formula is C15H17FN2O2S. The van der Waals surface area contributed by atoms with Crippen molar-refractivity contribution in [3.8, 4) is 0 Å². The van der Waals surface area contributed by atoms with Gasteiger partial charge in [-0.25, -0.2) is 12.8 Å². The standard InChI is InChI=1S/C15H17FN2O2S/c1-11-3-8-15(9-12(11)10-17-2)21(19,20)18-14-6-4-13(16)5-7-14/h3-9,17-18H,10H2,1-2H3. The molecule has 4 nitrogen and oxygen atoms in total. The molecule has 0 fully saturated rings. The fourth-order valence-corrected chi connectivity index (χ4v) is 3.04. The van der Waals surface area contributed by atoms with Crippen LogP contribution in [0.15, 0.2) is 47.4 Å². The van der Waals surface area contributed by atoms with Crippen LogP contribution in [0.25, 0.3) is 0 Å². The average molecular weight is 308 g/mol. The molecule has 0 heterocycles. The predicted octanol–water partition coefficient (Wildman–Crippen LogP) is 2.65. The lowest BCUT2D eigenvalue weighted by Crippen LogP contribution is -2.14. The SMILES string of the molecule is CNCc1cc(S(=O)(=O)Nc2ccc(F)cc2)ccc1C. The number of rotatable bonds is 5. The van der Waals surface area contributed by atoms with Crippen molar-refractivity contribution in [3.05, 3.63) is 59.4 Å². The number of benzene rings is 2. The molecule has 0 bridgehead atoms. The summed E-state index contributed by atoms with van der Waals surface area (Å²) in [6, 6.07) is 10.1. The Morgan fingerprint density at radius 1 is 1.10 bits per heavy atom. The quantitative estimate of drug-likeness (QED) is 0.893. The molecule has 0 saturated carbocycles. The fraction of sp³-hybridized carbons (Fsp3) is 0.200. The second-order valence-electron chi connectivity index (χ2n) is 4.73. The zero-order valence-electron chi connectivity index (χ0n) is 11.9. The van der Waals surface area contributed by atoms with Gasteiger partial charge in [0.05, 0.1) is 4.90 Å². The van der Waals surface area contributed by atoms with Gasteiger partial charge in [-0.05, 0) is 61.5 Å². The summed E-state index contributed by atoms with van der Waals surface area (Å²) in [5.41, 5.74) is 2.26. The van der Waals surface area contributed by atoms with E-state index in [9.17, 15) is 12.8 Å². The minimum atomic E-state index is -3.68. The van der Waals surface area contributed by atoms with Crippen molar-refractivity contribution in [1.82, 2.24) is 5.32 Å². The van der Waals surface area contributed by atoms with Crippen molar-refractivity contribution in [2.24, 2.45) is 0 Å². The molecule has 6 heteroatoms. The van der Waals surface area contributed by atoms with E-state index in [1.165, 1.54) is 24.3 Å². The molecule has 0 aliphatic heterocycles. The second kappa shape index (κ2) is 6.24. The molecule has 112 valence electrons. The Labute approximate surface area is 124 Å². The van der Waals surface area contributed by atoms with Gasteiger partial charge < -0.3 is 5.32 Å². The summed E-state index contributed by atoms with van der Waals surface area (Å²) in [7, 11) is -1.88. The van der Waals surface area contributed by atoms with E-state index in [0.717, 1.165) is 11.1 Å². The van der Waals surface area contributed by atoms with E-state index in [1.54, 1.807) is 25.2 Å². The van der Waals surface area contributed by atoms with Crippen molar-refractivity contribution < 1.29 is 12.8 Å². The van der Waals surface area contributed by atoms with E-state index < -0.39 is 15.8 Å². The van der Waals surface area contributed by atoms with Crippen molar-refractivity contribution >= 4 is 15.7 Å². The number of nitrogens with one attached hydrogen (secondary N) is 2. The van der Waals surface area contributed by atoms with E-state index in [2.05, 4.69) is 10.0 Å². The van der Waals surface area contributed by atoms with Gasteiger partial charge in [-0.3, -0.25) is 4.72 Å². The smallest absolute Gasteiger partial charge is 0.261 e. The minimum absolute atomic E-state index is 0.183. The monoisotopic (exact) mass is 308 g/mol. The highest BCUT2D eigenvalue weighted by molar-refractivity contribution is 7.92. The van der Waals surface area contributed by atoms with Crippen molar-refractivity contribution in [2.75, 3.05) is 11.8 Å². The van der Waals surface area contributed by atoms with Gasteiger partial charge in [0.15, 0.2) is 0 Å². The van der Waals surface area contributed by atoms with E-state index in [4.69, 9.17) is 0 Å². The average Bonchev–Trinajstić information content (AvgIpc) is 2.43. The van der Waals surface area contributed by atoms with Crippen LogP contribution in [0.1, 0.15) is 11.1 Å². The van der Waals surface area contributed by atoms with Gasteiger partial charge in [-0.2, -0.15) is 0 Å². The first-order valence-corrected chi connectivity index (χ1v) is 7.93. The summed E-state index contributed by atoms with van der Waals surface area (Å²) in [6.45, 7) is 2.52. The number of anilines is 1. The summed E-state index contributed by atoms with van der Waals surface area (Å²) < 4.78 is 39.9. The van der Waals surface area contributed by atoms with Gasteiger partial charge >= 0.3 is 0 Å². The molecule has 0 amide bonds. The summed E-state index contributed by atoms with van der Waals surface area (Å²) in [6.07, 6.45) is 0. The molecule has 0 saturated heterocycles. The first kappa shape index (κ1) is 15.5. The summed E-state index contributed by atoms with van der Waals surface area (Å²) >= 11 is 0. The molecule has 21 heavy (non-hydrogen) atoms. The van der Waals surface area contributed by atoms with Gasteiger partial charge in [0.2, 0.25) is 0 Å². The maximum atomic E-state index is 12.8. The molecule has 2 rings (SSSR count). The molecule has 2 aromatic rings. The largest absolute Gasteiger partial charge is 0.316 e. The maximum absolute atomic E-state index is 12.8. The zero-order chi connectivity index (χ0) is 15.5. The maximum Gasteiger partial charge on any atom is 0.261 e.